The van der Waals surface area contributed by atoms with Gasteiger partial charge in [0, 0.05) is 28.4 Å². The number of aromatic nitrogens is 5. The molecule has 5 heterocycles. The molecule has 0 radical (unpaired) electrons. The number of methoxy groups -OCH3 is 1. The van der Waals surface area contributed by atoms with Crippen molar-refractivity contribution in [3.63, 3.8) is 0 Å². The number of β-amino-alcohol motifs (C(OH)–C–C–N with tert-alkyl or cyclic N) is 1. The number of hydrogen-bond acceptors (Lipinski definition) is 11. The minimum absolute atomic E-state index is 0.0103. The summed E-state index contributed by atoms with van der Waals surface area (Å²) in [5, 5.41) is 33.2. The maximum absolute atomic E-state index is 17.2. The number of nitrogens with zero attached hydrogens (tertiary/aromatic N) is 5. The number of pyridine rings is 1. The number of fused-ring (bicyclic) bond motifs is 3. The van der Waals surface area contributed by atoms with Crippen molar-refractivity contribution in [1.82, 2.24) is 30.5 Å². The molecule has 1 aromatic carbocycles. The van der Waals surface area contributed by atoms with Crippen LogP contribution in [0.2, 0.25) is 0 Å². The van der Waals surface area contributed by atoms with Gasteiger partial charge in [0.05, 0.1) is 51.3 Å². The van der Waals surface area contributed by atoms with E-state index in [2.05, 4.69) is 22.4 Å². The second-order valence-corrected chi connectivity index (χ2v) is 14.1. The zero-order chi connectivity index (χ0) is 33.1. The summed E-state index contributed by atoms with van der Waals surface area (Å²) in [4.78, 5) is 16.1. The van der Waals surface area contributed by atoms with Gasteiger partial charge in [-0.05, 0) is 77.1 Å². The first-order chi connectivity index (χ1) is 22.5. The van der Waals surface area contributed by atoms with Gasteiger partial charge in [0.15, 0.2) is 5.82 Å². The molecule has 4 N–H and O–H groups in total. The van der Waals surface area contributed by atoms with Gasteiger partial charge in [0.25, 0.3) is 0 Å². The Morgan fingerprint density at radius 1 is 1.15 bits per heavy atom. The molecule has 4 atom stereocenters. The van der Waals surface area contributed by atoms with Crippen LogP contribution in [0.1, 0.15) is 57.1 Å². The molecule has 7 rings (SSSR count). The average Bonchev–Trinajstić information content (AvgIpc) is 3.61. The van der Waals surface area contributed by atoms with Crippen LogP contribution in [-0.2, 0) is 4.74 Å². The average molecular weight is 650 g/mol. The molecule has 0 unspecified atom stereocenters. The van der Waals surface area contributed by atoms with E-state index in [0.717, 1.165) is 60.7 Å². The number of ether oxygens (including phenoxy) is 3. The molecule has 3 aromatic heterocycles. The molecule has 0 spiro atoms. The van der Waals surface area contributed by atoms with Crippen LogP contribution < -0.4 is 19.7 Å². The topological polar surface area (TPSA) is 151 Å². The van der Waals surface area contributed by atoms with E-state index < -0.39 is 17.5 Å². The third kappa shape index (κ3) is 5.37. The van der Waals surface area contributed by atoms with E-state index in [1.165, 1.54) is 7.11 Å². The third-order valence-electron chi connectivity index (χ3n) is 10.8. The Hall–Kier alpha value is -3.65. The van der Waals surface area contributed by atoms with E-state index in [0.29, 0.717) is 12.2 Å². The first kappa shape index (κ1) is 31.9. The molecule has 13 heteroatoms. The lowest BCUT2D eigenvalue weighted by Gasteiger charge is -2.48. The molecule has 4 aromatic rings. The fourth-order valence-electron chi connectivity index (χ4n) is 8.03. The molecule has 1 saturated carbocycles. The van der Waals surface area contributed by atoms with Gasteiger partial charge >= 0.3 is 6.01 Å². The molecule has 2 saturated heterocycles. The predicted molar refractivity (Wildman–Crippen MR) is 175 cm³/mol. The number of hydrogen-bond donors (Lipinski definition) is 4. The predicted octanol–water partition coefficient (Wildman–Crippen LogP) is 3.97. The molecule has 2 aliphatic heterocycles. The third-order valence-corrected chi connectivity index (χ3v) is 10.8. The Bertz CT molecular complexity index is 1830. The lowest BCUT2D eigenvalue weighted by atomic mass is 9.68. The Balaban J connectivity index is 1.43. The minimum atomic E-state index is -1.29. The lowest BCUT2D eigenvalue weighted by molar-refractivity contribution is -0.0528. The van der Waals surface area contributed by atoms with E-state index in [-0.39, 0.29) is 71.6 Å². The van der Waals surface area contributed by atoms with Crippen molar-refractivity contribution in [1.29, 1.82) is 0 Å². The molecular weight excluding hydrogens is 605 g/mol. The summed E-state index contributed by atoms with van der Waals surface area (Å²) < 4.78 is 35.3. The first-order valence-electron chi connectivity index (χ1n) is 16.4. The fourth-order valence-corrected chi connectivity index (χ4v) is 8.03. The van der Waals surface area contributed by atoms with Gasteiger partial charge in [-0.15, -0.1) is 0 Å². The molecule has 0 amide bonds. The number of piperidine rings is 1. The summed E-state index contributed by atoms with van der Waals surface area (Å²) in [7, 11) is 1.47. The van der Waals surface area contributed by atoms with Gasteiger partial charge in [0.2, 0.25) is 5.88 Å². The summed E-state index contributed by atoms with van der Waals surface area (Å²) >= 11 is 0. The van der Waals surface area contributed by atoms with Gasteiger partial charge in [-0.3, -0.25) is 5.10 Å². The minimum Gasteiger partial charge on any atom is -0.480 e. The van der Waals surface area contributed by atoms with Crippen molar-refractivity contribution in [2.45, 2.75) is 77.0 Å². The van der Waals surface area contributed by atoms with Crippen LogP contribution >= 0.6 is 0 Å². The van der Waals surface area contributed by atoms with E-state index in [1.54, 1.807) is 18.0 Å². The number of aromatic amines is 1. The van der Waals surface area contributed by atoms with Crippen LogP contribution in [0, 0.1) is 25.1 Å². The lowest BCUT2D eigenvalue weighted by Crippen LogP contribution is -2.58. The number of anilines is 1. The highest BCUT2D eigenvalue weighted by atomic mass is 19.1. The number of benzene rings is 1. The molecule has 1 aliphatic carbocycles. The Morgan fingerprint density at radius 2 is 1.96 bits per heavy atom. The van der Waals surface area contributed by atoms with Crippen molar-refractivity contribution in [3.8, 4) is 23.1 Å². The van der Waals surface area contributed by atoms with Crippen LogP contribution in [0.25, 0.3) is 33.1 Å². The number of aryl methyl sites for hydroxylation is 1. The van der Waals surface area contributed by atoms with Crippen molar-refractivity contribution in [2.24, 2.45) is 5.41 Å². The SMILES string of the molecule is COc1nc(-c2c(C)c(C)cc3[nH]ncc23)c(F)c2nc(OC[C@@]34CCCN[C@]3(C)CCC4)nc(N3C[C@H](CO)OC[C@@](C)(O)C3)c12. The van der Waals surface area contributed by atoms with Crippen LogP contribution in [0.5, 0.6) is 11.9 Å². The van der Waals surface area contributed by atoms with Crippen LogP contribution in [-0.4, -0.2) is 99.2 Å². The molecule has 0 bridgehead atoms. The molecule has 3 fully saturated rings. The monoisotopic (exact) mass is 649 g/mol. The van der Waals surface area contributed by atoms with Gasteiger partial charge in [-0.1, -0.05) is 6.42 Å². The van der Waals surface area contributed by atoms with Crippen LogP contribution in [0.4, 0.5) is 10.2 Å². The quantitative estimate of drug-likeness (QED) is 0.230. The highest BCUT2D eigenvalue weighted by Crippen LogP contribution is 2.51. The number of halogens is 1. The number of H-pyrrole nitrogens is 1. The molecule has 3 aliphatic rings. The standard InChI is InChI=1S/C34H44FN7O5/c1-19-12-23-22(13-37-41-23)24(20(19)2)27-26(35)28-25(30(38-27)45-5)29(42-14-21(15-43)46-17-32(3,44)16-42)40-31(39-28)47-18-34-9-6-8-33(34,4)36-11-7-10-34/h12-13,21,36,43-44H,6-11,14-18H2,1-5H3,(H,37,41)/t21-,32+,33-,34-/m1/s1. The van der Waals surface area contributed by atoms with E-state index in [1.807, 2.05) is 19.9 Å². The zero-order valence-corrected chi connectivity index (χ0v) is 27.7. The number of nitrogens with one attached hydrogen (secondary N) is 2. The Morgan fingerprint density at radius 3 is 2.74 bits per heavy atom. The number of aliphatic hydroxyl groups is 2. The maximum atomic E-state index is 17.2. The van der Waals surface area contributed by atoms with Gasteiger partial charge in [-0.2, -0.15) is 15.1 Å². The molecule has 12 nitrogen and oxygen atoms in total. The van der Waals surface area contributed by atoms with Crippen molar-refractivity contribution in [2.75, 3.05) is 51.5 Å². The smallest absolute Gasteiger partial charge is 0.319 e. The fraction of sp³-hybridized carbons (Fsp3) is 0.588. The first-order valence-corrected chi connectivity index (χ1v) is 16.4. The van der Waals surface area contributed by atoms with Crippen LogP contribution in [0.15, 0.2) is 12.3 Å². The van der Waals surface area contributed by atoms with E-state index in [4.69, 9.17) is 29.2 Å². The summed E-state index contributed by atoms with van der Waals surface area (Å²) in [6, 6.07) is 2.00. The second kappa shape index (κ2) is 11.8. The summed E-state index contributed by atoms with van der Waals surface area (Å²) in [6.07, 6.45) is 6.30. The molecular formula is C34H44FN7O5. The summed E-state index contributed by atoms with van der Waals surface area (Å²) in [6.45, 7) is 9.19. The van der Waals surface area contributed by atoms with Gasteiger partial charge in [0.1, 0.15) is 28.0 Å². The van der Waals surface area contributed by atoms with Gasteiger partial charge < -0.3 is 34.6 Å². The summed E-state index contributed by atoms with van der Waals surface area (Å²) in [5.74, 6) is -0.239. The van der Waals surface area contributed by atoms with Gasteiger partial charge in [-0.25, -0.2) is 9.37 Å². The highest BCUT2D eigenvalue weighted by Gasteiger charge is 2.53. The Kier molecular flexibility index (Phi) is 8.01. The highest BCUT2D eigenvalue weighted by molar-refractivity contribution is 6.01. The van der Waals surface area contributed by atoms with Crippen molar-refractivity contribution < 1.29 is 28.8 Å². The van der Waals surface area contributed by atoms with E-state index in [9.17, 15) is 10.2 Å². The summed E-state index contributed by atoms with van der Waals surface area (Å²) in [5.41, 5.74) is 1.78. The van der Waals surface area contributed by atoms with Crippen LogP contribution in [0.3, 0.4) is 0 Å². The van der Waals surface area contributed by atoms with Crippen molar-refractivity contribution >= 4 is 27.6 Å². The zero-order valence-electron chi connectivity index (χ0n) is 27.7. The Labute approximate surface area is 273 Å². The largest absolute Gasteiger partial charge is 0.480 e. The van der Waals surface area contributed by atoms with E-state index >= 15 is 4.39 Å². The molecule has 47 heavy (non-hydrogen) atoms. The molecule has 252 valence electrons. The second-order valence-electron chi connectivity index (χ2n) is 14.1. The number of aliphatic hydroxyl groups excluding tert-OH is 1. The normalized spacial score (nSPS) is 28.1. The number of rotatable bonds is 7. The van der Waals surface area contributed by atoms with Crippen molar-refractivity contribution in [3.05, 3.63) is 29.2 Å². The maximum Gasteiger partial charge on any atom is 0.319 e.